The molecule has 1 rings (SSSR count). The van der Waals surface area contributed by atoms with E-state index < -0.39 is 0 Å². The first kappa shape index (κ1) is 27.0. The second-order valence-electron chi connectivity index (χ2n) is 5.41. The summed E-state index contributed by atoms with van der Waals surface area (Å²) in [5.74, 6) is 2.80. The molecular weight excluding hydrogens is 473 g/mol. The Bertz CT molecular complexity index is 659. The number of hydrogen-bond acceptors (Lipinski definition) is 7. The first-order chi connectivity index (χ1) is 12.0. The van der Waals surface area contributed by atoms with E-state index in [1.807, 2.05) is 20.8 Å². The van der Waals surface area contributed by atoms with Gasteiger partial charge in [0, 0.05) is 34.0 Å². The summed E-state index contributed by atoms with van der Waals surface area (Å²) in [6.45, 7) is 9.88. The molecule has 0 heterocycles. The fraction of sp³-hybridized carbons (Fsp3) is 0.444. The van der Waals surface area contributed by atoms with E-state index in [-0.39, 0.29) is 0 Å². The number of thioether (sulfide) groups is 3. The molecule has 0 saturated heterocycles. The van der Waals surface area contributed by atoms with Gasteiger partial charge in [-0.25, -0.2) is 0 Å². The molecule has 1 aromatic rings. The topological polar surface area (TPSA) is 0 Å². The van der Waals surface area contributed by atoms with Crippen LogP contribution in [-0.2, 0) is 17.3 Å². The second-order valence-corrected chi connectivity index (χ2v) is 13.2. The van der Waals surface area contributed by atoms with Gasteiger partial charge in [0.2, 0.25) is 0 Å². The smallest absolute Gasteiger partial charge is 0.0450 e. The summed E-state index contributed by atoms with van der Waals surface area (Å²) in [5.41, 5.74) is 5.42. The van der Waals surface area contributed by atoms with Gasteiger partial charge in [0.25, 0.3) is 0 Å². The molecule has 0 aromatic heterocycles. The molecule has 0 radical (unpaired) electrons. The molecule has 26 heavy (non-hydrogen) atoms. The van der Waals surface area contributed by atoms with Gasteiger partial charge in [-0.05, 0) is 56.9 Å². The highest BCUT2D eigenvalue weighted by Gasteiger charge is 2.10. The Labute approximate surface area is 198 Å². The summed E-state index contributed by atoms with van der Waals surface area (Å²) in [6, 6.07) is 4.62. The van der Waals surface area contributed by atoms with Gasteiger partial charge in [0.15, 0.2) is 0 Å². The zero-order valence-corrected chi connectivity index (χ0v) is 22.2. The monoisotopic (exact) mass is 496 g/mol. The number of thiocarbonyl (C=S) groups is 4. The van der Waals surface area contributed by atoms with Gasteiger partial charge in [0.05, 0.1) is 0 Å². The van der Waals surface area contributed by atoms with E-state index in [2.05, 4.69) is 43.9 Å². The van der Waals surface area contributed by atoms with E-state index in [0.717, 1.165) is 29.8 Å². The van der Waals surface area contributed by atoms with Crippen LogP contribution in [0.2, 0.25) is 0 Å². The fourth-order valence-corrected chi connectivity index (χ4v) is 4.28. The maximum absolute atomic E-state index is 5.20. The lowest BCUT2D eigenvalue weighted by Gasteiger charge is -2.14. The number of benzene rings is 1. The lowest BCUT2D eigenvalue weighted by atomic mass is 10.0. The minimum Gasteiger partial charge on any atom is -0.137 e. The fourth-order valence-electron chi connectivity index (χ4n) is 1.83. The van der Waals surface area contributed by atoms with Gasteiger partial charge in [-0.15, -0.1) is 47.9 Å². The van der Waals surface area contributed by atoms with Crippen molar-refractivity contribution in [2.45, 2.75) is 51.9 Å². The van der Waals surface area contributed by atoms with Crippen LogP contribution >= 0.6 is 96.8 Å². The van der Waals surface area contributed by atoms with E-state index in [4.69, 9.17) is 36.7 Å². The highest BCUT2D eigenvalue weighted by molar-refractivity contribution is 8.23. The molecule has 8 heteroatoms. The van der Waals surface area contributed by atoms with Crippen LogP contribution in [-0.4, -0.2) is 16.8 Å². The molecule has 144 valence electrons. The maximum atomic E-state index is 5.20. The van der Waals surface area contributed by atoms with Crippen molar-refractivity contribution in [2.24, 2.45) is 0 Å². The van der Waals surface area contributed by atoms with Crippen molar-refractivity contribution in [3.63, 3.8) is 0 Å². The summed E-state index contributed by atoms with van der Waals surface area (Å²) in [6.07, 6.45) is 0. The molecule has 0 atom stereocenters. The van der Waals surface area contributed by atoms with E-state index in [1.54, 1.807) is 42.2 Å². The van der Waals surface area contributed by atoms with Crippen molar-refractivity contribution in [3.8, 4) is 0 Å². The van der Waals surface area contributed by atoms with Gasteiger partial charge in [-0.1, -0.05) is 61.0 Å². The molecule has 0 fully saturated rings. The van der Waals surface area contributed by atoms with Crippen LogP contribution in [0.4, 0.5) is 0 Å². The lowest BCUT2D eigenvalue weighted by Crippen LogP contribution is -1.99. The largest absolute Gasteiger partial charge is 0.137 e. The molecular formula is C18H24S8. The van der Waals surface area contributed by atoms with Crippen LogP contribution in [0, 0.1) is 6.92 Å². The van der Waals surface area contributed by atoms with E-state index in [1.165, 1.54) is 22.3 Å². The third-order valence-electron chi connectivity index (χ3n) is 2.95. The minimum atomic E-state index is 0.694. The first-order valence-electron chi connectivity index (χ1n) is 7.73. The molecule has 0 N–H and O–H groups in total. The second kappa shape index (κ2) is 14.9. The Balaban J connectivity index is 0.00000141. The summed E-state index contributed by atoms with van der Waals surface area (Å²) >= 11 is 28.9. The highest BCUT2D eigenvalue weighted by atomic mass is 32.2. The van der Waals surface area contributed by atoms with Crippen molar-refractivity contribution >= 4 is 114 Å². The van der Waals surface area contributed by atoms with Crippen molar-refractivity contribution in [2.75, 3.05) is 0 Å². The molecule has 0 saturated carbocycles. The Hall–Kier alpha value is 0.980. The van der Waals surface area contributed by atoms with Crippen molar-refractivity contribution in [3.05, 3.63) is 34.4 Å². The Morgan fingerprint density at radius 2 is 1.04 bits per heavy atom. The van der Waals surface area contributed by atoms with Crippen LogP contribution in [0.1, 0.15) is 49.9 Å². The lowest BCUT2D eigenvalue weighted by molar-refractivity contribution is 1.20. The summed E-state index contributed by atoms with van der Waals surface area (Å²) in [4.78, 5) is 0. The number of thiol groups is 1. The normalized spacial score (nSPS) is 9.92. The van der Waals surface area contributed by atoms with E-state index in [0.29, 0.717) is 4.20 Å². The van der Waals surface area contributed by atoms with Crippen LogP contribution in [0.5, 0.6) is 0 Å². The maximum Gasteiger partial charge on any atom is 0.0450 e. The molecule has 0 spiro atoms. The quantitative estimate of drug-likeness (QED) is 0.309. The van der Waals surface area contributed by atoms with Gasteiger partial charge in [-0.3, -0.25) is 0 Å². The molecule has 0 aliphatic carbocycles. The van der Waals surface area contributed by atoms with Gasteiger partial charge < -0.3 is 0 Å². The molecule has 0 aliphatic heterocycles. The number of hydrogen-bond donors (Lipinski definition) is 1. The highest BCUT2D eigenvalue weighted by Crippen LogP contribution is 2.28. The number of rotatable bonds is 6. The summed E-state index contributed by atoms with van der Waals surface area (Å²) < 4.78 is 3.65. The average molecular weight is 497 g/mol. The molecule has 0 amide bonds. The standard InChI is InChI=1S/C16H20S6.C2H4S2/c1-10-5-15(8-21-12(3)18)16(9-22-13(4)19)6-14(10)7-20-11(2)17;1-2(3)4/h5-6H,7-9H2,1-4H3;1H3,(H,3,4). The molecule has 0 nitrogen and oxygen atoms in total. The average Bonchev–Trinajstić information content (AvgIpc) is 2.49. The third kappa shape index (κ3) is 14.0. The van der Waals surface area contributed by atoms with Crippen molar-refractivity contribution in [1.82, 2.24) is 0 Å². The van der Waals surface area contributed by atoms with Gasteiger partial charge in [-0.2, -0.15) is 0 Å². The zero-order chi connectivity index (χ0) is 20.3. The van der Waals surface area contributed by atoms with Gasteiger partial charge >= 0.3 is 0 Å². The third-order valence-corrected chi connectivity index (χ3v) is 6.60. The molecule has 0 unspecified atom stereocenters. The first-order valence-corrected chi connectivity index (χ1v) is 12.8. The molecule has 1 aromatic carbocycles. The predicted octanol–water partition coefficient (Wildman–Crippen LogP) is 8.00. The molecule has 0 aliphatic rings. The summed E-state index contributed by atoms with van der Waals surface area (Å²) in [7, 11) is 0. The zero-order valence-electron chi connectivity index (χ0n) is 15.6. The van der Waals surface area contributed by atoms with Gasteiger partial charge in [0.1, 0.15) is 0 Å². The SMILES string of the molecule is CC(=S)S.CC(=S)SCc1cc(CSC(C)=S)c(CSC(C)=S)cc1C. The van der Waals surface area contributed by atoms with Crippen molar-refractivity contribution < 1.29 is 0 Å². The molecule has 0 bridgehead atoms. The van der Waals surface area contributed by atoms with E-state index in [9.17, 15) is 0 Å². The van der Waals surface area contributed by atoms with Crippen molar-refractivity contribution in [1.29, 1.82) is 0 Å². The van der Waals surface area contributed by atoms with Crippen LogP contribution in [0.25, 0.3) is 0 Å². The van der Waals surface area contributed by atoms with Crippen LogP contribution in [0.15, 0.2) is 12.1 Å². The Morgan fingerprint density at radius 1 is 0.731 bits per heavy atom. The predicted molar refractivity (Wildman–Crippen MR) is 147 cm³/mol. The minimum absolute atomic E-state index is 0.694. The number of aryl methyl sites for hydroxylation is 1. The summed E-state index contributed by atoms with van der Waals surface area (Å²) in [5, 5.41) is 0. The van der Waals surface area contributed by atoms with E-state index >= 15 is 0 Å². The Morgan fingerprint density at radius 3 is 1.38 bits per heavy atom. The Kier molecular flexibility index (Phi) is 15.5. The van der Waals surface area contributed by atoms with Crippen LogP contribution in [0.3, 0.4) is 0 Å². The van der Waals surface area contributed by atoms with Crippen LogP contribution < -0.4 is 0 Å².